The SMILES string of the molecule is CNC1(CCNCC2CC2C)CCCCC1. The van der Waals surface area contributed by atoms with Crippen LogP contribution in [0.5, 0.6) is 0 Å². The molecule has 0 aliphatic heterocycles. The van der Waals surface area contributed by atoms with Crippen LogP contribution >= 0.6 is 0 Å². The fraction of sp³-hybridized carbons (Fsp3) is 1.00. The second kappa shape index (κ2) is 5.50. The van der Waals surface area contributed by atoms with Gasteiger partial charge in [0.05, 0.1) is 0 Å². The zero-order valence-electron chi connectivity index (χ0n) is 11.0. The summed E-state index contributed by atoms with van der Waals surface area (Å²) in [7, 11) is 2.15. The van der Waals surface area contributed by atoms with E-state index in [-0.39, 0.29) is 0 Å². The molecule has 2 heteroatoms. The summed E-state index contributed by atoms with van der Waals surface area (Å²) in [6, 6.07) is 0. The van der Waals surface area contributed by atoms with Crippen molar-refractivity contribution in [3.63, 3.8) is 0 Å². The van der Waals surface area contributed by atoms with Crippen LogP contribution in [0, 0.1) is 11.8 Å². The quantitative estimate of drug-likeness (QED) is 0.678. The van der Waals surface area contributed by atoms with Gasteiger partial charge in [-0.15, -0.1) is 0 Å². The normalized spacial score (nSPS) is 32.6. The maximum atomic E-state index is 3.64. The molecule has 2 N–H and O–H groups in total. The summed E-state index contributed by atoms with van der Waals surface area (Å²) in [6.07, 6.45) is 9.79. The highest BCUT2D eigenvalue weighted by atomic mass is 15.0. The summed E-state index contributed by atoms with van der Waals surface area (Å²) in [5.41, 5.74) is 0.459. The van der Waals surface area contributed by atoms with Gasteiger partial charge in [-0.3, -0.25) is 0 Å². The van der Waals surface area contributed by atoms with Crippen LogP contribution in [0.3, 0.4) is 0 Å². The fourth-order valence-electron chi connectivity index (χ4n) is 3.15. The van der Waals surface area contributed by atoms with Gasteiger partial charge < -0.3 is 10.6 Å². The predicted octanol–water partition coefficient (Wildman–Crippen LogP) is 2.54. The average Bonchev–Trinajstić information content (AvgIpc) is 3.02. The van der Waals surface area contributed by atoms with Gasteiger partial charge in [0.1, 0.15) is 0 Å². The van der Waals surface area contributed by atoms with Gasteiger partial charge in [-0.05, 0) is 57.7 Å². The molecule has 2 saturated carbocycles. The minimum Gasteiger partial charge on any atom is -0.316 e. The van der Waals surface area contributed by atoms with E-state index in [9.17, 15) is 0 Å². The van der Waals surface area contributed by atoms with E-state index in [0.717, 1.165) is 11.8 Å². The highest BCUT2D eigenvalue weighted by Gasteiger charge is 2.32. The Morgan fingerprint density at radius 1 is 1.19 bits per heavy atom. The maximum absolute atomic E-state index is 3.64. The molecular formula is C14H28N2. The van der Waals surface area contributed by atoms with E-state index in [0.29, 0.717) is 5.54 Å². The first-order valence-electron chi connectivity index (χ1n) is 7.15. The van der Waals surface area contributed by atoms with E-state index >= 15 is 0 Å². The fourth-order valence-corrected chi connectivity index (χ4v) is 3.15. The molecule has 0 saturated heterocycles. The van der Waals surface area contributed by atoms with E-state index in [1.54, 1.807) is 0 Å². The van der Waals surface area contributed by atoms with E-state index in [2.05, 4.69) is 24.6 Å². The first-order chi connectivity index (χ1) is 7.76. The van der Waals surface area contributed by atoms with Crippen LogP contribution in [-0.4, -0.2) is 25.7 Å². The molecule has 94 valence electrons. The Labute approximate surface area is 101 Å². The molecule has 2 aliphatic rings. The molecule has 0 heterocycles. The van der Waals surface area contributed by atoms with Gasteiger partial charge in [0.15, 0.2) is 0 Å². The lowest BCUT2D eigenvalue weighted by atomic mass is 9.79. The molecule has 16 heavy (non-hydrogen) atoms. The van der Waals surface area contributed by atoms with Crippen molar-refractivity contribution in [2.24, 2.45) is 11.8 Å². The molecule has 2 nitrogen and oxygen atoms in total. The van der Waals surface area contributed by atoms with Crippen LogP contribution in [0.4, 0.5) is 0 Å². The summed E-state index contributed by atoms with van der Waals surface area (Å²) in [6.45, 7) is 4.81. The van der Waals surface area contributed by atoms with Gasteiger partial charge in [0, 0.05) is 5.54 Å². The van der Waals surface area contributed by atoms with Crippen LogP contribution in [0.15, 0.2) is 0 Å². The summed E-state index contributed by atoms with van der Waals surface area (Å²) in [5.74, 6) is 1.97. The molecule has 2 aliphatic carbocycles. The van der Waals surface area contributed by atoms with Crippen molar-refractivity contribution in [1.82, 2.24) is 10.6 Å². The van der Waals surface area contributed by atoms with Crippen LogP contribution < -0.4 is 10.6 Å². The van der Waals surface area contributed by atoms with Crippen LogP contribution in [0.1, 0.15) is 51.9 Å². The van der Waals surface area contributed by atoms with Crippen LogP contribution in [0.25, 0.3) is 0 Å². The van der Waals surface area contributed by atoms with Crippen molar-refractivity contribution >= 4 is 0 Å². The van der Waals surface area contributed by atoms with Crippen molar-refractivity contribution in [3.05, 3.63) is 0 Å². The van der Waals surface area contributed by atoms with Crippen molar-refractivity contribution in [2.45, 2.75) is 57.4 Å². The minimum absolute atomic E-state index is 0.459. The van der Waals surface area contributed by atoms with E-state index in [1.807, 2.05) is 0 Å². The van der Waals surface area contributed by atoms with Crippen LogP contribution in [0.2, 0.25) is 0 Å². The second-order valence-electron chi connectivity index (χ2n) is 6.02. The van der Waals surface area contributed by atoms with E-state index in [4.69, 9.17) is 0 Å². The van der Waals surface area contributed by atoms with Gasteiger partial charge in [-0.1, -0.05) is 26.2 Å². The van der Waals surface area contributed by atoms with Crippen molar-refractivity contribution in [2.75, 3.05) is 20.1 Å². The Balaban J connectivity index is 1.62. The Hall–Kier alpha value is -0.0800. The van der Waals surface area contributed by atoms with Crippen molar-refractivity contribution in [3.8, 4) is 0 Å². The topological polar surface area (TPSA) is 24.1 Å². The zero-order chi connectivity index (χ0) is 11.4. The number of hydrogen-bond acceptors (Lipinski definition) is 2. The van der Waals surface area contributed by atoms with E-state index < -0.39 is 0 Å². The number of nitrogens with one attached hydrogen (secondary N) is 2. The highest BCUT2D eigenvalue weighted by molar-refractivity contribution is 4.90. The summed E-state index contributed by atoms with van der Waals surface area (Å²) >= 11 is 0. The number of rotatable bonds is 6. The Bertz CT molecular complexity index is 209. The second-order valence-corrected chi connectivity index (χ2v) is 6.02. The van der Waals surface area contributed by atoms with Crippen LogP contribution in [-0.2, 0) is 0 Å². The third-order valence-electron chi connectivity index (χ3n) is 4.80. The molecule has 0 amide bonds. The lowest BCUT2D eigenvalue weighted by Crippen LogP contribution is -2.46. The highest BCUT2D eigenvalue weighted by Crippen LogP contribution is 2.36. The lowest BCUT2D eigenvalue weighted by Gasteiger charge is -2.37. The summed E-state index contributed by atoms with van der Waals surface area (Å²) in [4.78, 5) is 0. The molecule has 0 radical (unpaired) electrons. The predicted molar refractivity (Wildman–Crippen MR) is 69.6 cm³/mol. The van der Waals surface area contributed by atoms with Gasteiger partial charge in [0.2, 0.25) is 0 Å². The Morgan fingerprint density at radius 3 is 2.44 bits per heavy atom. The third kappa shape index (κ3) is 3.21. The van der Waals surface area contributed by atoms with Crippen molar-refractivity contribution in [1.29, 1.82) is 0 Å². The maximum Gasteiger partial charge on any atom is 0.0190 e. The Morgan fingerprint density at radius 2 is 1.88 bits per heavy atom. The molecular weight excluding hydrogens is 196 g/mol. The standard InChI is InChI=1S/C14H28N2/c1-12-10-13(12)11-16-9-8-14(15-2)6-4-3-5-7-14/h12-13,15-16H,3-11H2,1-2H3. The molecule has 2 rings (SSSR count). The molecule has 2 unspecified atom stereocenters. The van der Waals surface area contributed by atoms with Gasteiger partial charge in [-0.25, -0.2) is 0 Å². The molecule has 2 fully saturated rings. The monoisotopic (exact) mass is 224 g/mol. The molecule has 2 atom stereocenters. The summed E-state index contributed by atoms with van der Waals surface area (Å²) in [5, 5.41) is 7.23. The molecule has 0 aromatic carbocycles. The van der Waals surface area contributed by atoms with Gasteiger partial charge in [-0.2, -0.15) is 0 Å². The average molecular weight is 224 g/mol. The molecule has 0 aromatic rings. The number of hydrogen-bond donors (Lipinski definition) is 2. The zero-order valence-corrected chi connectivity index (χ0v) is 11.0. The van der Waals surface area contributed by atoms with E-state index in [1.165, 1.54) is 58.0 Å². The van der Waals surface area contributed by atoms with Crippen molar-refractivity contribution < 1.29 is 0 Å². The van der Waals surface area contributed by atoms with Gasteiger partial charge in [0.25, 0.3) is 0 Å². The smallest absolute Gasteiger partial charge is 0.0190 e. The minimum atomic E-state index is 0.459. The lowest BCUT2D eigenvalue weighted by molar-refractivity contribution is 0.228. The first kappa shape index (κ1) is 12.4. The largest absolute Gasteiger partial charge is 0.316 e. The first-order valence-corrected chi connectivity index (χ1v) is 7.15. The molecule has 0 bridgehead atoms. The van der Waals surface area contributed by atoms with Gasteiger partial charge >= 0.3 is 0 Å². The molecule has 0 aromatic heterocycles. The summed E-state index contributed by atoms with van der Waals surface area (Å²) < 4.78 is 0. The molecule has 0 spiro atoms. The third-order valence-corrected chi connectivity index (χ3v) is 4.80. The Kier molecular flexibility index (Phi) is 4.26.